The van der Waals surface area contributed by atoms with Crippen molar-refractivity contribution in [1.82, 2.24) is 5.32 Å². The van der Waals surface area contributed by atoms with Crippen molar-refractivity contribution in [1.29, 1.82) is 5.26 Å². The van der Waals surface area contributed by atoms with E-state index in [0.29, 0.717) is 12.3 Å². The predicted octanol–water partition coefficient (Wildman–Crippen LogP) is 1.80. The topological polar surface area (TPSA) is 52.9 Å². The highest BCUT2D eigenvalue weighted by Gasteiger charge is 2.18. The van der Waals surface area contributed by atoms with Crippen molar-refractivity contribution in [3.8, 4) is 6.07 Å². The SMILES string of the molecule is CCC(C#N)C(=O)NCC1CCSCC1. The first-order valence-electron chi connectivity index (χ1n) is 5.53. The van der Waals surface area contributed by atoms with Crippen LogP contribution in [0.15, 0.2) is 0 Å². The molecule has 1 rings (SSSR count). The van der Waals surface area contributed by atoms with E-state index in [0.717, 1.165) is 6.54 Å². The number of amides is 1. The molecule has 1 aliphatic heterocycles. The summed E-state index contributed by atoms with van der Waals surface area (Å²) >= 11 is 1.98. The van der Waals surface area contributed by atoms with Crippen molar-refractivity contribution < 1.29 is 4.79 Å². The number of hydrogen-bond donors (Lipinski definition) is 1. The van der Waals surface area contributed by atoms with Crippen LogP contribution in [-0.2, 0) is 4.79 Å². The Morgan fingerprint density at radius 3 is 2.80 bits per heavy atom. The molecular weight excluding hydrogens is 208 g/mol. The number of nitriles is 1. The minimum absolute atomic E-state index is 0.0989. The van der Waals surface area contributed by atoms with Gasteiger partial charge in [0.2, 0.25) is 5.91 Å². The molecule has 0 bridgehead atoms. The van der Waals surface area contributed by atoms with Crippen LogP contribution in [0.25, 0.3) is 0 Å². The van der Waals surface area contributed by atoms with Gasteiger partial charge < -0.3 is 5.32 Å². The van der Waals surface area contributed by atoms with Crippen LogP contribution in [0.3, 0.4) is 0 Å². The van der Waals surface area contributed by atoms with E-state index >= 15 is 0 Å². The van der Waals surface area contributed by atoms with Gasteiger partial charge in [-0.3, -0.25) is 4.79 Å². The van der Waals surface area contributed by atoms with Crippen molar-refractivity contribution in [2.24, 2.45) is 11.8 Å². The summed E-state index contributed by atoms with van der Waals surface area (Å²) in [6.45, 7) is 2.61. The van der Waals surface area contributed by atoms with Gasteiger partial charge in [0.1, 0.15) is 5.92 Å². The number of nitrogens with zero attached hydrogens (tertiary/aromatic N) is 1. The van der Waals surface area contributed by atoms with Gasteiger partial charge in [-0.2, -0.15) is 17.0 Å². The van der Waals surface area contributed by atoms with Crippen LogP contribution in [0.5, 0.6) is 0 Å². The summed E-state index contributed by atoms with van der Waals surface area (Å²) in [5.74, 6) is 2.46. The van der Waals surface area contributed by atoms with E-state index in [1.807, 2.05) is 24.8 Å². The lowest BCUT2D eigenvalue weighted by atomic mass is 10.0. The highest BCUT2D eigenvalue weighted by Crippen LogP contribution is 2.21. The summed E-state index contributed by atoms with van der Waals surface area (Å²) in [4.78, 5) is 11.5. The smallest absolute Gasteiger partial charge is 0.237 e. The Balaban J connectivity index is 2.23. The van der Waals surface area contributed by atoms with Crippen LogP contribution in [-0.4, -0.2) is 24.0 Å². The van der Waals surface area contributed by atoms with E-state index < -0.39 is 5.92 Å². The average Bonchev–Trinajstić information content (AvgIpc) is 2.29. The van der Waals surface area contributed by atoms with Crippen molar-refractivity contribution in [2.75, 3.05) is 18.1 Å². The third-order valence-corrected chi connectivity index (χ3v) is 3.84. The lowest BCUT2D eigenvalue weighted by molar-refractivity contribution is -0.123. The molecule has 84 valence electrons. The lowest BCUT2D eigenvalue weighted by Crippen LogP contribution is -2.34. The largest absolute Gasteiger partial charge is 0.355 e. The van der Waals surface area contributed by atoms with Gasteiger partial charge in [0.25, 0.3) is 0 Å². The lowest BCUT2D eigenvalue weighted by Gasteiger charge is -2.21. The fourth-order valence-corrected chi connectivity index (χ4v) is 2.86. The molecule has 1 saturated heterocycles. The normalized spacial score (nSPS) is 19.2. The van der Waals surface area contributed by atoms with Crippen molar-refractivity contribution >= 4 is 17.7 Å². The standard InChI is InChI=1S/C11H18N2OS/c1-2-10(7-12)11(14)13-8-9-3-5-15-6-4-9/h9-10H,2-6,8H2,1H3,(H,13,14). The summed E-state index contributed by atoms with van der Waals surface area (Å²) in [7, 11) is 0. The molecule has 0 aliphatic carbocycles. The first-order chi connectivity index (χ1) is 7.27. The van der Waals surface area contributed by atoms with Gasteiger partial charge in [-0.25, -0.2) is 0 Å². The van der Waals surface area contributed by atoms with Gasteiger partial charge in [0, 0.05) is 6.54 Å². The molecule has 1 N–H and O–H groups in total. The molecule has 3 nitrogen and oxygen atoms in total. The van der Waals surface area contributed by atoms with Gasteiger partial charge in [-0.15, -0.1) is 0 Å². The number of hydrogen-bond acceptors (Lipinski definition) is 3. The van der Waals surface area contributed by atoms with E-state index in [4.69, 9.17) is 5.26 Å². The molecule has 1 heterocycles. The van der Waals surface area contributed by atoms with Gasteiger partial charge in [-0.1, -0.05) is 6.92 Å². The van der Waals surface area contributed by atoms with Crippen LogP contribution < -0.4 is 5.32 Å². The Morgan fingerprint density at radius 1 is 1.60 bits per heavy atom. The van der Waals surface area contributed by atoms with E-state index in [1.165, 1.54) is 24.3 Å². The highest BCUT2D eigenvalue weighted by atomic mass is 32.2. The van der Waals surface area contributed by atoms with E-state index in [1.54, 1.807) is 0 Å². The minimum Gasteiger partial charge on any atom is -0.355 e. The molecule has 1 atom stereocenters. The average molecular weight is 226 g/mol. The summed E-state index contributed by atoms with van der Waals surface area (Å²) in [5, 5.41) is 11.6. The number of carbonyl (C=O) groups is 1. The molecule has 4 heteroatoms. The molecule has 1 fully saturated rings. The monoisotopic (exact) mass is 226 g/mol. The third-order valence-electron chi connectivity index (χ3n) is 2.79. The Hall–Kier alpha value is -0.690. The summed E-state index contributed by atoms with van der Waals surface area (Å²) < 4.78 is 0. The van der Waals surface area contributed by atoms with Gasteiger partial charge >= 0.3 is 0 Å². The molecule has 1 unspecified atom stereocenters. The maximum Gasteiger partial charge on any atom is 0.237 e. The molecule has 0 aromatic rings. The number of nitrogens with one attached hydrogen (secondary N) is 1. The molecule has 0 saturated carbocycles. The molecule has 0 aromatic heterocycles. The van der Waals surface area contributed by atoms with Gasteiger partial charge in [0.15, 0.2) is 0 Å². The molecule has 0 spiro atoms. The Kier molecular flexibility index (Phi) is 5.56. The summed E-state index contributed by atoms with van der Waals surface area (Å²) in [5.41, 5.74) is 0. The maximum absolute atomic E-state index is 11.5. The summed E-state index contributed by atoms with van der Waals surface area (Å²) in [6, 6.07) is 2.02. The van der Waals surface area contributed by atoms with Crippen LogP contribution in [0.2, 0.25) is 0 Å². The van der Waals surface area contributed by atoms with Crippen LogP contribution in [0, 0.1) is 23.2 Å². The fraction of sp³-hybridized carbons (Fsp3) is 0.818. The minimum atomic E-state index is -0.469. The second-order valence-electron chi connectivity index (χ2n) is 3.89. The first-order valence-corrected chi connectivity index (χ1v) is 6.68. The number of carbonyl (C=O) groups excluding carboxylic acids is 1. The van der Waals surface area contributed by atoms with E-state index in [-0.39, 0.29) is 5.91 Å². The molecular formula is C11H18N2OS. The maximum atomic E-state index is 11.5. The third kappa shape index (κ3) is 4.13. The highest BCUT2D eigenvalue weighted by molar-refractivity contribution is 7.99. The predicted molar refractivity (Wildman–Crippen MR) is 62.5 cm³/mol. The first kappa shape index (κ1) is 12.4. The molecule has 15 heavy (non-hydrogen) atoms. The fourth-order valence-electron chi connectivity index (χ4n) is 1.65. The molecule has 0 radical (unpaired) electrons. The molecule has 1 aliphatic rings. The van der Waals surface area contributed by atoms with Gasteiger partial charge in [-0.05, 0) is 36.7 Å². The van der Waals surface area contributed by atoms with Crippen LogP contribution in [0.1, 0.15) is 26.2 Å². The van der Waals surface area contributed by atoms with Crippen LogP contribution >= 0.6 is 11.8 Å². The molecule has 0 aromatic carbocycles. The van der Waals surface area contributed by atoms with Crippen LogP contribution in [0.4, 0.5) is 0 Å². The van der Waals surface area contributed by atoms with E-state index in [9.17, 15) is 4.79 Å². The quantitative estimate of drug-likeness (QED) is 0.795. The molecule has 1 amide bonds. The van der Waals surface area contributed by atoms with Gasteiger partial charge in [0.05, 0.1) is 6.07 Å². The Labute approximate surface area is 95.6 Å². The zero-order valence-electron chi connectivity index (χ0n) is 9.16. The Morgan fingerprint density at radius 2 is 2.27 bits per heavy atom. The zero-order chi connectivity index (χ0) is 11.1. The van der Waals surface area contributed by atoms with E-state index in [2.05, 4.69) is 5.32 Å². The van der Waals surface area contributed by atoms with Crippen molar-refractivity contribution in [2.45, 2.75) is 26.2 Å². The zero-order valence-corrected chi connectivity index (χ0v) is 9.98. The van der Waals surface area contributed by atoms with Crippen molar-refractivity contribution in [3.63, 3.8) is 0 Å². The number of thioether (sulfide) groups is 1. The van der Waals surface area contributed by atoms with Crippen molar-refractivity contribution in [3.05, 3.63) is 0 Å². The Bertz CT molecular complexity index is 243. The second-order valence-corrected chi connectivity index (χ2v) is 5.12. The second kappa shape index (κ2) is 6.73. The summed E-state index contributed by atoms with van der Waals surface area (Å²) in [6.07, 6.45) is 2.98. The number of rotatable bonds is 4.